The Morgan fingerprint density at radius 1 is 1.22 bits per heavy atom. The van der Waals surface area contributed by atoms with Crippen molar-refractivity contribution in [2.75, 3.05) is 0 Å². The lowest BCUT2D eigenvalue weighted by molar-refractivity contribution is -0.149. The molecule has 1 aliphatic heterocycles. The van der Waals surface area contributed by atoms with E-state index < -0.39 is 15.7 Å². The van der Waals surface area contributed by atoms with E-state index in [1.54, 1.807) is 32.9 Å². The van der Waals surface area contributed by atoms with Crippen molar-refractivity contribution in [3.05, 3.63) is 29.3 Å². The topological polar surface area (TPSA) is 69.7 Å². The van der Waals surface area contributed by atoms with Crippen LogP contribution in [0.5, 0.6) is 0 Å². The van der Waals surface area contributed by atoms with Gasteiger partial charge in [-0.1, -0.05) is 31.5 Å². The van der Waals surface area contributed by atoms with Crippen molar-refractivity contribution >= 4 is 16.1 Å². The minimum Gasteiger partial charge on any atom is -0.462 e. The van der Waals surface area contributed by atoms with Gasteiger partial charge in [-0.25, -0.2) is 0 Å². The van der Waals surface area contributed by atoms with E-state index in [0.29, 0.717) is 24.8 Å². The van der Waals surface area contributed by atoms with Crippen molar-refractivity contribution in [1.29, 1.82) is 0 Å². The molecule has 1 heterocycles. The van der Waals surface area contributed by atoms with Crippen LogP contribution in [-0.4, -0.2) is 26.1 Å². The first kappa shape index (κ1) is 21.9. The summed E-state index contributed by atoms with van der Waals surface area (Å²) in [4.78, 5) is 12.5. The smallest absolute Gasteiger partial charge is 0.312 e. The zero-order valence-electron chi connectivity index (χ0n) is 17.3. The lowest BCUT2D eigenvalue weighted by Crippen LogP contribution is -2.25. The fourth-order valence-corrected chi connectivity index (χ4v) is 5.13. The summed E-state index contributed by atoms with van der Waals surface area (Å²) in [6, 6.07) is 5.26. The van der Waals surface area contributed by atoms with Gasteiger partial charge in [-0.2, -0.15) is 8.42 Å². The van der Waals surface area contributed by atoms with Crippen LogP contribution in [0.1, 0.15) is 71.4 Å². The number of carbonyl (C=O) groups is 1. The predicted octanol–water partition coefficient (Wildman–Crippen LogP) is 4.55. The summed E-state index contributed by atoms with van der Waals surface area (Å²) in [5.74, 6) is -0.120. The fraction of sp³-hybridized carbons (Fsp3) is 0.667. The number of esters is 1. The molecule has 0 N–H and O–H groups in total. The van der Waals surface area contributed by atoms with Crippen molar-refractivity contribution < 1.29 is 22.1 Å². The molecular weight excluding hydrogens is 364 g/mol. The molecule has 0 saturated carbocycles. The van der Waals surface area contributed by atoms with E-state index in [-0.39, 0.29) is 22.4 Å². The van der Waals surface area contributed by atoms with Crippen LogP contribution in [0.2, 0.25) is 0 Å². The van der Waals surface area contributed by atoms with Gasteiger partial charge in [0.25, 0.3) is 10.1 Å². The Kier molecular flexibility index (Phi) is 6.42. The highest BCUT2D eigenvalue weighted by Crippen LogP contribution is 2.41. The van der Waals surface area contributed by atoms with Crippen molar-refractivity contribution in [2.45, 2.75) is 90.2 Å². The Balaban J connectivity index is 2.20. The summed E-state index contributed by atoms with van der Waals surface area (Å²) in [6.45, 7) is 11.1. The largest absolute Gasteiger partial charge is 0.462 e. The van der Waals surface area contributed by atoms with Crippen LogP contribution in [0, 0.1) is 12.3 Å². The first-order chi connectivity index (χ1) is 12.4. The van der Waals surface area contributed by atoms with E-state index >= 15 is 0 Å². The number of rotatable bonds is 7. The molecule has 0 radical (unpaired) electrons. The number of hydrogen-bond acceptors (Lipinski definition) is 5. The molecule has 0 bridgehead atoms. The normalized spacial score (nSPS) is 19.9. The van der Waals surface area contributed by atoms with Gasteiger partial charge in [-0.15, -0.1) is 0 Å². The molecule has 1 fully saturated rings. The Morgan fingerprint density at radius 3 is 2.37 bits per heavy atom. The molecule has 1 aromatic rings. The third kappa shape index (κ3) is 5.11. The number of benzene rings is 1. The summed E-state index contributed by atoms with van der Waals surface area (Å²) >= 11 is 0. The third-order valence-electron chi connectivity index (χ3n) is 5.26. The van der Waals surface area contributed by atoms with E-state index in [2.05, 4.69) is 0 Å². The van der Waals surface area contributed by atoms with Crippen LogP contribution in [0.4, 0.5) is 0 Å². The number of aryl methyl sites for hydroxylation is 2. The van der Waals surface area contributed by atoms with Crippen LogP contribution < -0.4 is 0 Å². The summed E-state index contributed by atoms with van der Waals surface area (Å²) in [5, 5.41) is 0. The summed E-state index contributed by atoms with van der Waals surface area (Å²) in [7, 11) is -3.86. The molecule has 1 aliphatic rings. The quantitative estimate of drug-likeness (QED) is 0.499. The van der Waals surface area contributed by atoms with E-state index in [9.17, 15) is 13.2 Å². The molecule has 0 aromatic heterocycles. The zero-order chi connectivity index (χ0) is 20.5. The molecule has 5 nitrogen and oxygen atoms in total. The maximum absolute atomic E-state index is 12.7. The SMILES string of the molecule is CCC1(CC)C[C@@H](CCc2cc(C)ccc2S(=O)(=O)OC(C)(C)C)OC1=O. The van der Waals surface area contributed by atoms with E-state index in [4.69, 9.17) is 8.92 Å². The fourth-order valence-electron chi connectivity index (χ4n) is 3.66. The van der Waals surface area contributed by atoms with Gasteiger partial charge in [0.15, 0.2) is 0 Å². The molecule has 27 heavy (non-hydrogen) atoms. The maximum atomic E-state index is 12.7. The van der Waals surface area contributed by atoms with Crippen molar-refractivity contribution in [3.8, 4) is 0 Å². The van der Waals surface area contributed by atoms with Gasteiger partial charge in [-0.05, 0) is 65.0 Å². The van der Waals surface area contributed by atoms with Gasteiger partial charge in [-0.3, -0.25) is 8.98 Å². The van der Waals surface area contributed by atoms with Gasteiger partial charge >= 0.3 is 5.97 Å². The van der Waals surface area contributed by atoms with Crippen LogP contribution >= 0.6 is 0 Å². The highest BCUT2D eigenvalue weighted by Gasteiger charge is 2.46. The molecule has 2 rings (SSSR count). The van der Waals surface area contributed by atoms with E-state index in [1.165, 1.54) is 0 Å². The molecule has 1 aromatic carbocycles. The Labute approximate surface area is 163 Å². The molecule has 0 aliphatic carbocycles. The van der Waals surface area contributed by atoms with Gasteiger partial charge in [0.1, 0.15) is 6.10 Å². The first-order valence-corrected chi connectivity index (χ1v) is 11.1. The molecule has 0 amide bonds. The molecule has 152 valence electrons. The summed E-state index contributed by atoms with van der Waals surface area (Å²) in [5.41, 5.74) is 0.506. The van der Waals surface area contributed by atoms with Crippen LogP contribution in [0.15, 0.2) is 23.1 Å². The van der Waals surface area contributed by atoms with Gasteiger partial charge < -0.3 is 4.74 Å². The highest BCUT2D eigenvalue weighted by atomic mass is 32.2. The highest BCUT2D eigenvalue weighted by molar-refractivity contribution is 7.86. The van der Waals surface area contributed by atoms with Crippen LogP contribution in [0.25, 0.3) is 0 Å². The molecule has 0 spiro atoms. The second kappa shape index (κ2) is 7.92. The Hall–Kier alpha value is -1.40. The molecule has 1 saturated heterocycles. The minimum atomic E-state index is -3.86. The van der Waals surface area contributed by atoms with Crippen LogP contribution in [0.3, 0.4) is 0 Å². The molecular formula is C21H32O5S. The van der Waals surface area contributed by atoms with Gasteiger partial charge in [0.2, 0.25) is 0 Å². The average molecular weight is 397 g/mol. The number of ether oxygens (including phenoxy) is 1. The van der Waals surface area contributed by atoms with Crippen molar-refractivity contribution in [3.63, 3.8) is 0 Å². The lowest BCUT2D eigenvalue weighted by Gasteiger charge is -2.21. The minimum absolute atomic E-state index is 0.120. The zero-order valence-corrected chi connectivity index (χ0v) is 18.1. The molecule has 1 atom stereocenters. The number of cyclic esters (lactones) is 1. The number of hydrogen-bond donors (Lipinski definition) is 0. The summed E-state index contributed by atoms with van der Waals surface area (Å²) < 4.78 is 36.4. The first-order valence-electron chi connectivity index (χ1n) is 9.69. The Morgan fingerprint density at radius 2 is 1.85 bits per heavy atom. The monoisotopic (exact) mass is 396 g/mol. The van der Waals surface area contributed by atoms with Gasteiger partial charge in [0, 0.05) is 6.42 Å². The average Bonchev–Trinajstić information content (AvgIpc) is 2.87. The maximum Gasteiger partial charge on any atom is 0.312 e. The Bertz CT molecular complexity index is 785. The molecule has 0 unspecified atom stereocenters. The standard InChI is InChI=1S/C21H32O5S/c1-7-21(8-2)14-17(25-19(21)22)11-10-16-13-15(3)9-12-18(16)27(23,24)26-20(4,5)6/h9,12-13,17H,7-8,10-11,14H2,1-6H3/t17-/m1/s1. The molecule has 6 heteroatoms. The second-order valence-electron chi connectivity index (χ2n) is 8.52. The predicted molar refractivity (Wildman–Crippen MR) is 105 cm³/mol. The van der Waals surface area contributed by atoms with E-state index in [1.807, 2.05) is 26.8 Å². The van der Waals surface area contributed by atoms with Crippen molar-refractivity contribution in [2.24, 2.45) is 5.41 Å². The third-order valence-corrected chi connectivity index (χ3v) is 6.92. The van der Waals surface area contributed by atoms with Gasteiger partial charge in [0.05, 0.1) is 15.9 Å². The second-order valence-corrected chi connectivity index (χ2v) is 10.0. The van der Waals surface area contributed by atoms with Crippen LogP contribution in [-0.2, 0) is 30.3 Å². The lowest BCUT2D eigenvalue weighted by atomic mass is 9.79. The number of carbonyl (C=O) groups excluding carboxylic acids is 1. The summed E-state index contributed by atoms with van der Waals surface area (Å²) in [6.07, 6.45) is 3.19. The van der Waals surface area contributed by atoms with Crippen molar-refractivity contribution in [1.82, 2.24) is 0 Å². The van der Waals surface area contributed by atoms with E-state index in [0.717, 1.165) is 18.4 Å².